The third-order valence-corrected chi connectivity index (χ3v) is 5.00. The van der Waals surface area contributed by atoms with Gasteiger partial charge in [-0.25, -0.2) is 4.39 Å². The van der Waals surface area contributed by atoms with Crippen LogP contribution >= 0.6 is 0 Å². The molecule has 7 nitrogen and oxygen atoms in total. The first kappa shape index (κ1) is 22.9. The van der Waals surface area contributed by atoms with E-state index in [4.69, 9.17) is 4.74 Å². The molecule has 0 bridgehead atoms. The van der Waals surface area contributed by atoms with Crippen molar-refractivity contribution in [2.75, 3.05) is 26.5 Å². The van der Waals surface area contributed by atoms with Gasteiger partial charge in [-0.05, 0) is 41.8 Å². The van der Waals surface area contributed by atoms with Gasteiger partial charge in [0.05, 0.1) is 18.4 Å². The van der Waals surface area contributed by atoms with Crippen LogP contribution in [0.15, 0.2) is 42.6 Å². The number of ether oxygens (including phenoxy) is 1. The number of halogens is 1. The van der Waals surface area contributed by atoms with Crippen molar-refractivity contribution < 1.29 is 23.5 Å². The summed E-state index contributed by atoms with van der Waals surface area (Å²) >= 11 is 0. The minimum atomic E-state index is -0.354. The average molecular weight is 437 g/mol. The molecule has 0 atom stereocenters. The second-order valence-electron chi connectivity index (χ2n) is 7.54. The van der Waals surface area contributed by atoms with Crippen molar-refractivity contribution in [3.8, 4) is 5.75 Å². The number of nitrogens with one attached hydrogen (secondary N) is 1. The van der Waals surface area contributed by atoms with Crippen LogP contribution < -0.4 is 10.1 Å². The number of aldehydes is 1. The maximum atomic E-state index is 13.2. The molecule has 1 N–H and O–H groups in total. The summed E-state index contributed by atoms with van der Waals surface area (Å²) in [5.41, 5.74) is 2.82. The molecule has 0 saturated heterocycles. The van der Waals surface area contributed by atoms with Crippen LogP contribution in [0.3, 0.4) is 0 Å². The summed E-state index contributed by atoms with van der Waals surface area (Å²) in [7, 11) is 4.70. The summed E-state index contributed by atoms with van der Waals surface area (Å²) in [4.78, 5) is 41.8. The second-order valence-corrected chi connectivity index (χ2v) is 7.54. The van der Waals surface area contributed by atoms with Crippen LogP contribution in [0, 0.1) is 5.82 Å². The number of amides is 2. The first-order valence-electron chi connectivity index (χ1n) is 10.0. The number of hydrogen-bond donors (Lipinski definition) is 1. The van der Waals surface area contributed by atoms with E-state index in [-0.39, 0.29) is 36.0 Å². The Morgan fingerprint density at radius 3 is 2.47 bits per heavy atom. The number of carbonyl (C=O) groups is 3. The molecule has 3 aromatic rings. The van der Waals surface area contributed by atoms with Crippen LogP contribution in [-0.2, 0) is 16.0 Å². The number of rotatable bonds is 8. The van der Waals surface area contributed by atoms with Crippen molar-refractivity contribution in [2.24, 2.45) is 0 Å². The highest BCUT2D eigenvalue weighted by atomic mass is 19.1. The molecule has 32 heavy (non-hydrogen) atoms. The fourth-order valence-electron chi connectivity index (χ4n) is 3.33. The van der Waals surface area contributed by atoms with Gasteiger partial charge >= 0.3 is 0 Å². The van der Waals surface area contributed by atoms with E-state index < -0.39 is 0 Å². The lowest BCUT2D eigenvalue weighted by Crippen LogP contribution is -2.23. The number of anilines is 1. The minimum Gasteiger partial charge on any atom is -0.494 e. The van der Waals surface area contributed by atoms with Gasteiger partial charge < -0.3 is 15.0 Å². The highest BCUT2D eigenvalue weighted by Crippen LogP contribution is 2.34. The number of nitrogens with zero attached hydrogens (tertiary/aromatic N) is 2. The Bertz CT molecular complexity index is 1160. The quantitative estimate of drug-likeness (QED) is 0.544. The minimum absolute atomic E-state index is 0.00363. The number of carbonyl (C=O) groups excluding carboxylic acids is 3. The van der Waals surface area contributed by atoms with Crippen molar-refractivity contribution in [1.82, 2.24) is 9.88 Å². The maximum Gasteiger partial charge on any atom is 0.224 e. The summed E-state index contributed by atoms with van der Waals surface area (Å²) in [5, 5.41) is 3.39. The van der Waals surface area contributed by atoms with Crippen LogP contribution in [0.2, 0.25) is 0 Å². The van der Waals surface area contributed by atoms with Crippen molar-refractivity contribution in [2.45, 2.75) is 19.3 Å². The second kappa shape index (κ2) is 10.00. The van der Waals surface area contributed by atoms with Crippen molar-refractivity contribution in [1.29, 1.82) is 0 Å². The Hall–Kier alpha value is -3.81. The lowest BCUT2D eigenvalue weighted by Gasteiger charge is -2.15. The first-order chi connectivity index (χ1) is 15.3. The highest BCUT2D eigenvalue weighted by Gasteiger charge is 2.17. The summed E-state index contributed by atoms with van der Waals surface area (Å²) in [6.45, 7) is 0. The van der Waals surface area contributed by atoms with Gasteiger partial charge in [0.2, 0.25) is 11.8 Å². The molecule has 1 aromatic heterocycles. The van der Waals surface area contributed by atoms with Crippen LogP contribution in [0.1, 0.15) is 34.3 Å². The monoisotopic (exact) mass is 437 g/mol. The van der Waals surface area contributed by atoms with Crippen LogP contribution in [0.5, 0.6) is 5.75 Å². The number of fused-ring (bicyclic) bond motifs is 1. The third-order valence-electron chi connectivity index (χ3n) is 5.00. The maximum absolute atomic E-state index is 13.2. The number of aromatic nitrogens is 1. The number of hydrogen-bond acceptors (Lipinski definition) is 5. The van der Waals surface area contributed by atoms with E-state index in [0.717, 1.165) is 11.1 Å². The molecule has 0 saturated carbocycles. The molecule has 0 aliphatic rings. The predicted octanol–water partition coefficient (Wildman–Crippen LogP) is 3.59. The van der Waals surface area contributed by atoms with E-state index in [1.165, 1.54) is 30.2 Å². The van der Waals surface area contributed by atoms with Gasteiger partial charge in [-0.2, -0.15) is 0 Å². The topological polar surface area (TPSA) is 88.6 Å². The molecular weight excluding hydrogens is 413 g/mol. The molecule has 0 aliphatic carbocycles. The summed E-state index contributed by atoms with van der Waals surface area (Å²) in [6, 6.07) is 9.56. The Labute approximate surface area is 185 Å². The van der Waals surface area contributed by atoms with E-state index in [0.29, 0.717) is 35.0 Å². The van der Waals surface area contributed by atoms with Crippen LogP contribution in [-0.4, -0.2) is 49.2 Å². The normalized spacial score (nSPS) is 10.6. The van der Waals surface area contributed by atoms with E-state index in [2.05, 4.69) is 10.3 Å². The third kappa shape index (κ3) is 5.26. The molecule has 3 rings (SSSR count). The number of pyridine rings is 1. The van der Waals surface area contributed by atoms with Gasteiger partial charge in [-0.1, -0.05) is 12.1 Å². The Kier molecular flexibility index (Phi) is 7.14. The van der Waals surface area contributed by atoms with E-state index in [1.54, 1.807) is 32.4 Å². The molecule has 0 radical (unpaired) electrons. The van der Waals surface area contributed by atoms with Gasteiger partial charge in [0.1, 0.15) is 11.3 Å². The van der Waals surface area contributed by atoms with Gasteiger partial charge in [-0.15, -0.1) is 0 Å². The Morgan fingerprint density at radius 1 is 1.12 bits per heavy atom. The average Bonchev–Trinajstić information content (AvgIpc) is 2.78. The molecule has 1 heterocycles. The zero-order chi connectivity index (χ0) is 23.3. The SMILES string of the molecule is COc1c(C=O)cc(NC(=O)CCC(=O)N(C)C)c2cc(Cc3ccc(F)cc3)cnc12. The van der Waals surface area contributed by atoms with E-state index >= 15 is 0 Å². The van der Waals surface area contributed by atoms with Gasteiger partial charge in [-0.3, -0.25) is 19.4 Å². The van der Waals surface area contributed by atoms with Gasteiger partial charge in [0.15, 0.2) is 12.0 Å². The fraction of sp³-hybridized carbons (Fsp3) is 0.250. The molecule has 0 unspecified atom stereocenters. The molecular formula is C24H24FN3O4. The summed E-state index contributed by atoms with van der Waals surface area (Å²) in [5.74, 6) is -0.512. The van der Waals surface area contributed by atoms with Crippen LogP contribution in [0.25, 0.3) is 10.9 Å². The fourth-order valence-corrected chi connectivity index (χ4v) is 3.33. The molecule has 2 aromatic carbocycles. The molecule has 8 heteroatoms. The van der Waals surface area contributed by atoms with Gasteiger partial charge in [0, 0.05) is 38.5 Å². The van der Waals surface area contributed by atoms with E-state index in [9.17, 15) is 18.8 Å². The van der Waals surface area contributed by atoms with Crippen molar-refractivity contribution >= 4 is 34.7 Å². The molecule has 0 aliphatic heterocycles. The van der Waals surface area contributed by atoms with Crippen LogP contribution in [0.4, 0.5) is 10.1 Å². The van der Waals surface area contributed by atoms with Crippen molar-refractivity contribution in [3.63, 3.8) is 0 Å². The number of methoxy groups -OCH3 is 1. The van der Waals surface area contributed by atoms with Gasteiger partial charge in [0.25, 0.3) is 0 Å². The lowest BCUT2D eigenvalue weighted by atomic mass is 10.0. The zero-order valence-corrected chi connectivity index (χ0v) is 18.1. The first-order valence-corrected chi connectivity index (χ1v) is 10.0. The predicted molar refractivity (Wildman–Crippen MR) is 119 cm³/mol. The standard InChI is InChI=1S/C24H24FN3O4/c1-28(2)22(31)9-8-21(30)27-20-12-17(14-29)24(32-3)23-19(20)11-16(13-26-23)10-15-4-6-18(25)7-5-15/h4-7,11-14H,8-10H2,1-3H3,(H,27,30). The molecule has 0 fully saturated rings. The lowest BCUT2D eigenvalue weighted by molar-refractivity contribution is -0.130. The smallest absolute Gasteiger partial charge is 0.224 e. The number of benzene rings is 2. The van der Waals surface area contributed by atoms with Crippen molar-refractivity contribution in [3.05, 3.63) is 65.1 Å². The zero-order valence-electron chi connectivity index (χ0n) is 18.1. The Morgan fingerprint density at radius 2 is 1.84 bits per heavy atom. The van der Waals surface area contributed by atoms with E-state index in [1.807, 2.05) is 6.07 Å². The molecule has 0 spiro atoms. The summed E-state index contributed by atoms with van der Waals surface area (Å²) < 4.78 is 18.6. The summed E-state index contributed by atoms with van der Waals surface area (Å²) in [6.07, 6.45) is 2.87. The molecule has 166 valence electrons. The highest BCUT2D eigenvalue weighted by molar-refractivity contribution is 6.07. The Balaban J connectivity index is 1.97. The largest absolute Gasteiger partial charge is 0.494 e. The molecule has 2 amide bonds.